The molecular formula is C17H26N2O. The van der Waals surface area contributed by atoms with Gasteiger partial charge in [0.2, 0.25) is 0 Å². The van der Waals surface area contributed by atoms with Crippen molar-refractivity contribution in [3.63, 3.8) is 0 Å². The summed E-state index contributed by atoms with van der Waals surface area (Å²) < 4.78 is 0. The van der Waals surface area contributed by atoms with Gasteiger partial charge in [-0.2, -0.15) is 0 Å². The van der Waals surface area contributed by atoms with Gasteiger partial charge >= 0.3 is 0 Å². The Labute approximate surface area is 122 Å². The molecule has 3 nitrogen and oxygen atoms in total. The van der Waals surface area contributed by atoms with Gasteiger partial charge in [-0.3, -0.25) is 0 Å². The number of aliphatic hydroxyl groups is 1. The third-order valence-electron chi connectivity index (χ3n) is 4.96. The first-order valence-electron chi connectivity index (χ1n) is 8.00. The highest BCUT2D eigenvalue weighted by Gasteiger charge is 2.31. The fourth-order valence-electron chi connectivity index (χ4n) is 3.73. The van der Waals surface area contributed by atoms with Crippen LogP contribution >= 0.6 is 0 Å². The minimum absolute atomic E-state index is 0.220. The molecule has 0 bridgehead atoms. The van der Waals surface area contributed by atoms with Gasteiger partial charge in [0.15, 0.2) is 0 Å². The highest BCUT2D eigenvalue weighted by molar-refractivity contribution is 5.20. The zero-order valence-electron chi connectivity index (χ0n) is 12.2. The van der Waals surface area contributed by atoms with Crippen LogP contribution in [0.15, 0.2) is 30.3 Å². The summed E-state index contributed by atoms with van der Waals surface area (Å²) >= 11 is 0. The summed E-state index contributed by atoms with van der Waals surface area (Å²) in [6.45, 7) is 3.66. The Morgan fingerprint density at radius 3 is 2.85 bits per heavy atom. The lowest BCUT2D eigenvalue weighted by atomic mass is 9.95. The summed E-state index contributed by atoms with van der Waals surface area (Å²) in [6, 6.07) is 11.8. The van der Waals surface area contributed by atoms with Crippen LogP contribution in [0.4, 0.5) is 0 Å². The van der Waals surface area contributed by atoms with Gasteiger partial charge in [0.25, 0.3) is 0 Å². The second kappa shape index (κ2) is 6.70. The molecule has 2 N–H and O–H groups in total. The van der Waals surface area contributed by atoms with Crippen molar-refractivity contribution in [2.75, 3.05) is 26.2 Å². The fourth-order valence-corrected chi connectivity index (χ4v) is 3.73. The number of hydrogen-bond donors (Lipinski definition) is 2. The largest absolute Gasteiger partial charge is 0.396 e. The van der Waals surface area contributed by atoms with Crippen LogP contribution in [-0.2, 0) is 0 Å². The number of rotatable bonds is 5. The molecule has 0 radical (unpaired) electrons. The van der Waals surface area contributed by atoms with E-state index in [1.54, 1.807) is 0 Å². The zero-order chi connectivity index (χ0) is 13.8. The van der Waals surface area contributed by atoms with Gasteiger partial charge in [-0.25, -0.2) is 0 Å². The number of piperidine rings is 1. The van der Waals surface area contributed by atoms with Crippen LogP contribution < -0.4 is 5.32 Å². The van der Waals surface area contributed by atoms with Gasteiger partial charge in [0, 0.05) is 24.5 Å². The molecule has 2 fully saturated rings. The van der Waals surface area contributed by atoms with E-state index in [2.05, 4.69) is 34.5 Å². The molecule has 0 saturated carbocycles. The van der Waals surface area contributed by atoms with E-state index in [1.807, 2.05) is 6.07 Å². The first kappa shape index (κ1) is 14.1. The van der Waals surface area contributed by atoms with Gasteiger partial charge in [-0.1, -0.05) is 30.3 Å². The summed E-state index contributed by atoms with van der Waals surface area (Å²) in [5, 5.41) is 13.3. The van der Waals surface area contributed by atoms with Crippen LogP contribution in [0, 0.1) is 0 Å². The smallest absolute Gasteiger partial charge is 0.0511 e. The standard InChI is InChI=1S/C17H26N2O/c20-13-15(14-5-2-1-3-6-14)12-18-16-8-10-19-9-4-7-17(19)11-16/h1-3,5-6,15-18,20H,4,7-13H2. The number of nitrogens with zero attached hydrogens (tertiary/aromatic N) is 1. The molecule has 0 amide bonds. The van der Waals surface area contributed by atoms with Crippen molar-refractivity contribution >= 4 is 0 Å². The van der Waals surface area contributed by atoms with Crippen molar-refractivity contribution in [1.82, 2.24) is 10.2 Å². The number of benzene rings is 1. The number of aliphatic hydroxyl groups excluding tert-OH is 1. The van der Waals surface area contributed by atoms with E-state index in [0.29, 0.717) is 6.04 Å². The molecule has 3 rings (SSSR count). The second-order valence-electron chi connectivity index (χ2n) is 6.25. The first-order valence-corrected chi connectivity index (χ1v) is 8.00. The van der Waals surface area contributed by atoms with Crippen molar-refractivity contribution in [2.45, 2.75) is 43.7 Å². The van der Waals surface area contributed by atoms with E-state index in [1.165, 1.54) is 44.3 Å². The molecule has 1 aromatic rings. The Hall–Kier alpha value is -0.900. The summed E-state index contributed by atoms with van der Waals surface area (Å²) in [7, 11) is 0. The van der Waals surface area contributed by atoms with Crippen LogP contribution in [0.5, 0.6) is 0 Å². The van der Waals surface area contributed by atoms with Crippen molar-refractivity contribution in [2.24, 2.45) is 0 Å². The monoisotopic (exact) mass is 274 g/mol. The first-order chi connectivity index (χ1) is 9.86. The lowest BCUT2D eigenvalue weighted by molar-refractivity contribution is 0.163. The molecule has 2 aliphatic rings. The molecule has 0 spiro atoms. The molecule has 3 unspecified atom stereocenters. The fraction of sp³-hybridized carbons (Fsp3) is 0.647. The van der Waals surface area contributed by atoms with Crippen LogP contribution in [0.3, 0.4) is 0 Å². The molecule has 2 saturated heterocycles. The maximum atomic E-state index is 9.61. The van der Waals surface area contributed by atoms with E-state index in [0.717, 1.165) is 12.6 Å². The number of fused-ring (bicyclic) bond motifs is 1. The van der Waals surface area contributed by atoms with E-state index < -0.39 is 0 Å². The average Bonchev–Trinajstić information content (AvgIpc) is 2.96. The quantitative estimate of drug-likeness (QED) is 0.862. The topological polar surface area (TPSA) is 35.5 Å². The van der Waals surface area contributed by atoms with E-state index in [9.17, 15) is 5.11 Å². The van der Waals surface area contributed by atoms with E-state index in [4.69, 9.17) is 0 Å². The van der Waals surface area contributed by atoms with Crippen molar-refractivity contribution in [3.05, 3.63) is 35.9 Å². The molecule has 0 aliphatic carbocycles. The van der Waals surface area contributed by atoms with Gasteiger partial charge in [0.05, 0.1) is 6.61 Å². The second-order valence-corrected chi connectivity index (χ2v) is 6.25. The minimum atomic E-state index is 0.220. The van der Waals surface area contributed by atoms with Crippen molar-refractivity contribution < 1.29 is 5.11 Å². The lowest BCUT2D eigenvalue weighted by Gasteiger charge is -2.35. The molecule has 0 aromatic heterocycles. The predicted octanol–water partition coefficient (Wildman–Crippen LogP) is 1.98. The maximum absolute atomic E-state index is 9.61. The predicted molar refractivity (Wildman–Crippen MR) is 81.9 cm³/mol. The minimum Gasteiger partial charge on any atom is -0.396 e. The molecule has 1 aromatic carbocycles. The molecule has 3 heteroatoms. The van der Waals surface area contributed by atoms with Crippen molar-refractivity contribution in [1.29, 1.82) is 0 Å². The Morgan fingerprint density at radius 2 is 2.05 bits per heavy atom. The summed E-state index contributed by atoms with van der Waals surface area (Å²) in [4.78, 5) is 2.65. The Balaban J connectivity index is 1.51. The van der Waals surface area contributed by atoms with Gasteiger partial charge in [-0.15, -0.1) is 0 Å². The Morgan fingerprint density at radius 1 is 1.20 bits per heavy atom. The van der Waals surface area contributed by atoms with Crippen LogP contribution in [-0.4, -0.2) is 48.3 Å². The van der Waals surface area contributed by atoms with Crippen LogP contribution in [0.1, 0.15) is 37.2 Å². The van der Waals surface area contributed by atoms with E-state index >= 15 is 0 Å². The number of nitrogens with one attached hydrogen (secondary N) is 1. The highest BCUT2D eigenvalue weighted by Crippen LogP contribution is 2.27. The lowest BCUT2D eigenvalue weighted by Crippen LogP contribution is -2.46. The van der Waals surface area contributed by atoms with Crippen LogP contribution in [0.25, 0.3) is 0 Å². The summed E-state index contributed by atoms with van der Waals surface area (Å²) in [5.74, 6) is 0.220. The highest BCUT2D eigenvalue weighted by atomic mass is 16.3. The average molecular weight is 274 g/mol. The summed E-state index contributed by atoms with van der Waals surface area (Å²) in [5.41, 5.74) is 1.24. The van der Waals surface area contributed by atoms with E-state index in [-0.39, 0.29) is 12.5 Å². The summed E-state index contributed by atoms with van der Waals surface area (Å²) in [6.07, 6.45) is 5.29. The van der Waals surface area contributed by atoms with Gasteiger partial charge in [-0.05, 0) is 44.3 Å². The SMILES string of the molecule is OCC(CNC1CCN2CCCC2C1)c1ccccc1. The third kappa shape index (κ3) is 3.22. The molecule has 3 atom stereocenters. The molecule has 2 heterocycles. The number of hydrogen-bond acceptors (Lipinski definition) is 3. The maximum Gasteiger partial charge on any atom is 0.0511 e. The molecule has 20 heavy (non-hydrogen) atoms. The molecule has 110 valence electrons. The Kier molecular flexibility index (Phi) is 4.71. The third-order valence-corrected chi connectivity index (χ3v) is 4.96. The molecular weight excluding hydrogens is 248 g/mol. The van der Waals surface area contributed by atoms with Crippen LogP contribution in [0.2, 0.25) is 0 Å². The molecule has 2 aliphatic heterocycles. The van der Waals surface area contributed by atoms with Gasteiger partial charge < -0.3 is 15.3 Å². The zero-order valence-corrected chi connectivity index (χ0v) is 12.2. The Bertz CT molecular complexity index is 409. The van der Waals surface area contributed by atoms with Gasteiger partial charge in [0.1, 0.15) is 0 Å². The normalized spacial score (nSPS) is 28.2. The van der Waals surface area contributed by atoms with Crippen molar-refractivity contribution in [3.8, 4) is 0 Å².